The molecule has 2 aliphatic rings. The minimum atomic E-state index is 0.328. The molecule has 2 aliphatic heterocycles. The van der Waals surface area contributed by atoms with Crippen molar-refractivity contribution in [2.45, 2.75) is 44.9 Å². The zero-order valence-corrected chi connectivity index (χ0v) is 11.1. The number of rotatable bonds is 4. The summed E-state index contributed by atoms with van der Waals surface area (Å²) >= 11 is 0. The van der Waals surface area contributed by atoms with Gasteiger partial charge >= 0.3 is 0 Å². The minimum absolute atomic E-state index is 0.328. The molecule has 0 amide bonds. The first-order valence-corrected chi connectivity index (χ1v) is 6.91. The van der Waals surface area contributed by atoms with Crippen LogP contribution in [0.1, 0.15) is 26.7 Å². The predicted octanol–water partition coefficient (Wildman–Crippen LogP) is 0.850. The number of hydrogen-bond acceptors (Lipinski definition) is 4. The molecule has 4 atom stereocenters. The smallest absolute Gasteiger partial charge is 0.0674 e. The van der Waals surface area contributed by atoms with E-state index in [1.807, 2.05) is 0 Å². The molecule has 2 saturated heterocycles. The highest BCUT2D eigenvalue weighted by Crippen LogP contribution is 2.26. The van der Waals surface area contributed by atoms with Crippen molar-refractivity contribution >= 4 is 0 Å². The van der Waals surface area contributed by atoms with Gasteiger partial charge in [0.05, 0.1) is 19.3 Å². The standard InChI is InChI=1S/C13H26N2O2/c1-3-12-9-17-10(2)7-15(12)13(6-14)11-4-5-16-8-11/h10-13H,3-9,14H2,1-2H3. The molecular formula is C13H26N2O2. The molecule has 17 heavy (non-hydrogen) atoms. The van der Waals surface area contributed by atoms with Crippen molar-refractivity contribution in [2.75, 3.05) is 32.9 Å². The average Bonchev–Trinajstić information content (AvgIpc) is 2.84. The van der Waals surface area contributed by atoms with Gasteiger partial charge in [-0.05, 0) is 19.8 Å². The highest BCUT2D eigenvalue weighted by molar-refractivity contribution is 4.89. The third-order valence-electron chi connectivity index (χ3n) is 4.16. The number of ether oxygens (including phenoxy) is 2. The van der Waals surface area contributed by atoms with E-state index in [2.05, 4.69) is 18.7 Å². The molecular weight excluding hydrogens is 216 g/mol. The summed E-state index contributed by atoms with van der Waals surface area (Å²) < 4.78 is 11.3. The largest absolute Gasteiger partial charge is 0.381 e. The predicted molar refractivity (Wildman–Crippen MR) is 68.0 cm³/mol. The summed E-state index contributed by atoms with van der Waals surface area (Å²) in [5, 5.41) is 0. The van der Waals surface area contributed by atoms with Crippen molar-refractivity contribution in [3.63, 3.8) is 0 Å². The second kappa shape index (κ2) is 6.14. The summed E-state index contributed by atoms with van der Waals surface area (Å²) in [4.78, 5) is 2.58. The average molecular weight is 242 g/mol. The van der Waals surface area contributed by atoms with Crippen LogP contribution >= 0.6 is 0 Å². The van der Waals surface area contributed by atoms with Crippen molar-refractivity contribution in [3.05, 3.63) is 0 Å². The quantitative estimate of drug-likeness (QED) is 0.794. The van der Waals surface area contributed by atoms with Gasteiger partial charge in [-0.3, -0.25) is 4.90 Å². The molecule has 0 aromatic heterocycles. The van der Waals surface area contributed by atoms with Crippen molar-refractivity contribution in [2.24, 2.45) is 11.7 Å². The summed E-state index contributed by atoms with van der Waals surface area (Å²) in [7, 11) is 0. The van der Waals surface area contributed by atoms with E-state index in [9.17, 15) is 0 Å². The fourth-order valence-corrected chi connectivity index (χ4v) is 3.08. The van der Waals surface area contributed by atoms with Crippen LogP contribution in [-0.2, 0) is 9.47 Å². The molecule has 0 saturated carbocycles. The molecule has 100 valence electrons. The van der Waals surface area contributed by atoms with Crippen LogP contribution in [0.2, 0.25) is 0 Å². The second-order valence-electron chi connectivity index (χ2n) is 5.33. The second-order valence-corrected chi connectivity index (χ2v) is 5.33. The maximum atomic E-state index is 6.01. The lowest BCUT2D eigenvalue weighted by Gasteiger charge is -2.44. The summed E-state index contributed by atoms with van der Waals surface area (Å²) in [6.07, 6.45) is 2.62. The van der Waals surface area contributed by atoms with Gasteiger partial charge in [-0.1, -0.05) is 6.92 Å². The topological polar surface area (TPSA) is 47.7 Å². The fourth-order valence-electron chi connectivity index (χ4n) is 3.08. The molecule has 0 aromatic rings. The van der Waals surface area contributed by atoms with Gasteiger partial charge in [-0.25, -0.2) is 0 Å². The van der Waals surface area contributed by atoms with E-state index in [0.717, 1.165) is 45.8 Å². The first-order chi connectivity index (χ1) is 8.26. The molecule has 4 nitrogen and oxygen atoms in total. The van der Waals surface area contributed by atoms with Gasteiger partial charge in [0, 0.05) is 37.7 Å². The maximum Gasteiger partial charge on any atom is 0.0674 e. The van der Waals surface area contributed by atoms with Crippen LogP contribution in [0.25, 0.3) is 0 Å². The molecule has 4 heteroatoms. The first kappa shape index (κ1) is 13.3. The molecule has 2 fully saturated rings. The Hall–Kier alpha value is -0.160. The molecule has 2 rings (SSSR count). The summed E-state index contributed by atoms with van der Waals surface area (Å²) in [5.41, 5.74) is 6.01. The lowest BCUT2D eigenvalue weighted by atomic mass is 9.94. The molecule has 0 bridgehead atoms. The van der Waals surface area contributed by atoms with Crippen molar-refractivity contribution in [1.29, 1.82) is 0 Å². The van der Waals surface area contributed by atoms with E-state index in [1.165, 1.54) is 0 Å². The molecule has 4 unspecified atom stereocenters. The van der Waals surface area contributed by atoms with E-state index in [0.29, 0.717) is 24.1 Å². The SMILES string of the molecule is CCC1COC(C)CN1C(CN)C1CCOC1. The van der Waals surface area contributed by atoms with Crippen LogP contribution in [-0.4, -0.2) is 56.0 Å². The monoisotopic (exact) mass is 242 g/mol. The zero-order chi connectivity index (χ0) is 12.3. The molecule has 0 radical (unpaired) electrons. The molecule has 0 spiro atoms. The Morgan fingerprint density at radius 2 is 2.24 bits per heavy atom. The van der Waals surface area contributed by atoms with Crippen molar-refractivity contribution < 1.29 is 9.47 Å². The van der Waals surface area contributed by atoms with Gasteiger partial charge in [0.1, 0.15) is 0 Å². The molecule has 0 aromatic carbocycles. The Balaban J connectivity index is 2.03. The third kappa shape index (κ3) is 2.99. The third-order valence-corrected chi connectivity index (χ3v) is 4.16. The van der Waals surface area contributed by atoms with E-state index < -0.39 is 0 Å². The van der Waals surface area contributed by atoms with Crippen molar-refractivity contribution in [3.8, 4) is 0 Å². The lowest BCUT2D eigenvalue weighted by molar-refractivity contribution is -0.0800. The number of hydrogen-bond donors (Lipinski definition) is 1. The first-order valence-electron chi connectivity index (χ1n) is 6.91. The lowest BCUT2D eigenvalue weighted by Crippen LogP contribution is -2.57. The Kier molecular flexibility index (Phi) is 4.79. The van der Waals surface area contributed by atoms with Gasteiger partial charge in [0.15, 0.2) is 0 Å². The Morgan fingerprint density at radius 3 is 2.82 bits per heavy atom. The van der Waals surface area contributed by atoms with Crippen molar-refractivity contribution in [1.82, 2.24) is 4.90 Å². The number of nitrogens with zero attached hydrogens (tertiary/aromatic N) is 1. The van der Waals surface area contributed by atoms with Gasteiger partial charge in [0.25, 0.3) is 0 Å². The Labute approximate surface area is 104 Å². The van der Waals surface area contributed by atoms with Crippen LogP contribution in [0.3, 0.4) is 0 Å². The number of nitrogens with two attached hydrogens (primary N) is 1. The maximum absolute atomic E-state index is 6.01. The Morgan fingerprint density at radius 1 is 1.41 bits per heavy atom. The van der Waals surface area contributed by atoms with Crippen LogP contribution in [0.5, 0.6) is 0 Å². The normalized spacial score (nSPS) is 37.2. The highest BCUT2D eigenvalue weighted by Gasteiger charge is 2.36. The van der Waals surface area contributed by atoms with E-state index in [1.54, 1.807) is 0 Å². The summed E-state index contributed by atoms with van der Waals surface area (Å²) in [6, 6.07) is 0.995. The number of morpholine rings is 1. The van der Waals surface area contributed by atoms with Crippen LogP contribution in [0, 0.1) is 5.92 Å². The minimum Gasteiger partial charge on any atom is -0.381 e. The molecule has 2 N–H and O–H groups in total. The van der Waals surface area contributed by atoms with Gasteiger partial charge in [0.2, 0.25) is 0 Å². The van der Waals surface area contributed by atoms with Gasteiger partial charge < -0.3 is 15.2 Å². The van der Waals surface area contributed by atoms with E-state index >= 15 is 0 Å². The Bertz CT molecular complexity index is 231. The molecule has 2 heterocycles. The van der Waals surface area contributed by atoms with Gasteiger partial charge in [-0.15, -0.1) is 0 Å². The van der Waals surface area contributed by atoms with E-state index in [4.69, 9.17) is 15.2 Å². The molecule has 0 aliphatic carbocycles. The van der Waals surface area contributed by atoms with E-state index in [-0.39, 0.29) is 0 Å². The highest BCUT2D eigenvalue weighted by atomic mass is 16.5. The van der Waals surface area contributed by atoms with Crippen LogP contribution in [0.15, 0.2) is 0 Å². The van der Waals surface area contributed by atoms with Crippen LogP contribution in [0.4, 0.5) is 0 Å². The summed E-state index contributed by atoms with van der Waals surface area (Å²) in [6.45, 7) is 8.76. The zero-order valence-electron chi connectivity index (χ0n) is 11.1. The van der Waals surface area contributed by atoms with Gasteiger partial charge in [-0.2, -0.15) is 0 Å². The summed E-state index contributed by atoms with van der Waals surface area (Å²) in [5.74, 6) is 0.611. The van der Waals surface area contributed by atoms with Crippen LogP contribution < -0.4 is 5.73 Å². The fraction of sp³-hybridized carbons (Fsp3) is 1.00.